The van der Waals surface area contributed by atoms with Gasteiger partial charge in [0.05, 0.1) is 6.21 Å². The molecule has 1 aromatic rings. The highest BCUT2D eigenvalue weighted by atomic mass is 32.2. The van der Waals surface area contributed by atoms with Gasteiger partial charge < -0.3 is 5.32 Å². The van der Waals surface area contributed by atoms with E-state index in [1.54, 1.807) is 18.0 Å². The van der Waals surface area contributed by atoms with Crippen molar-refractivity contribution in [1.82, 2.24) is 10.7 Å². The quantitative estimate of drug-likeness (QED) is 0.373. The smallest absolute Gasteiger partial charge is 0.186 e. The minimum atomic E-state index is 0.541. The maximum Gasteiger partial charge on any atom is 0.186 e. The van der Waals surface area contributed by atoms with Gasteiger partial charge in [-0.15, -0.1) is 11.8 Å². The van der Waals surface area contributed by atoms with Gasteiger partial charge in [-0.2, -0.15) is 5.10 Å². The second kappa shape index (κ2) is 7.24. The van der Waals surface area contributed by atoms with E-state index in [1.165, 1.54) is 4.90 Å². The summed E-state index contributed by atoms with van der Waals surface area (Å²) in [4.78, 5) is 1.24. The molecule has 0 bridgehead atoms. The highest BCUT2D eigenvalue weighted by Crippen LogP contribution is 2.13. The molecule has 0 radical (unpaired) electrons. The lowest BCUT2D eigenvalue weighted by Crippen LogP contribution is -2.31. The van der Waals surface area contributed by atoms with Crippen LogP contribution in [0.2, 0.25) is 0 Å². The van der Waals surface area contributed by atoms with Gasteiger partial charge in [-0.3, -0.25) is 5.43 Å². The molecule has 0 saturated carbocycles. The summed E-state index contributed by atoms with van der Waals surface area (Å²) in [5, 5.41) is 7.52. The topological polar surface area (TPSA) is 36.4 Å². The van der Waals surface area contributed by atoms with Crippen LogP contribution in [0, 0.1) is 0 Å². The summed E-state index contributed by atoms with van der Waals surface area (Å²) in [6.07, 6.45) is 3.80. The van der Waals surface area contributed by atoms with Crippen molar-refractivity contribution in [3.8, 4) is 0 Å². The first-order valence-corrected chi connectivity index (χ1v) is 6.60. The molecule has 0 aliphatic rings. The maximum absolute atomic E-state index is 4.97. The van der Waals surface area contributed by atoms with E-state index in [1.807, 2.05) is 19.1 Å². The van der Waals surface area contributed by atoms with Crippen LogP contribution in [0.5, 0.6) is 0 Å². The Kier molecular flexibility index (Phi) is 5.88. The molecule has 0 unspecified atom stereocenters. The van der Waals surface area contributed by atoms with Crippen molar-refractivity contribution in [2.24, 2.45) is 5.10 Å². The lowest BCUT2D eigenvalue weighted by Gasteiger charge is -2.02. The summed E-state index contributed by atoms with van der Waals surface area (Å²) >= 11 is 6.69. The zero-order valence-corrected chi connectivity index (χ0v) is 11.0. The Bertz CT molecular complexity index is 360. The van der Waals surface area contributed by atoms with E-state index in [0.29, 0.717) is 5.11 Å². The van der Waals surface area contributed by atoms with Gasteiger partial charge in [-0.05, 0) is 43.1 Å². The third-order valence-corrected chi connectivity index (χ3v) is 2.81. The van der Waals surface area contributed by atoms with Crippen molar-refractivity contribution >= 4 is 35.3 Å². The van der Waals surface area contributed by atoms with Crippen LogP contribution in [-0.4, -0.2) is 24.1 Å². The van der Waals surface area contributed by atoms with Crippen LogP contribution in [0.15, 0.2) is 34.3 Å². The molecule has 0 aliphatic heterocycles. The van der Waals surface area contributed by atoms with E-state index in [2.05, 4.69) is 34.2 Å². The van der Waals surface area contributed by atoms with E-state index in [4.69, 9.17) is 12.2 Å². The largest absolute Gasteiger partial charge is 0.362 e. The number of thiocarbonyl (C=S) groups is 1. The van der Waals surface area contributed by atoms with Crippen molar-refractivity contribution in [2.45, 2.75) is 11.8 Å². The molecule has 0 fully saturated rings. The standard InChI is InChI=1S/C11H15N3S2/c1-3-12-11(15)14-13-8-9-4-6-10(16-2)7-5-9/h4-8H,3H2,1-2H3,(H2,12,14,15). The monoisotopic (exact) mass is 253 g/mol. The number of hydrazone groups is 1. The normalized spacial score (nSPS) is 10.4. The Balaban J connectivity index is 2.46. The van der Waals surface area contributed by atoms with Crippen molar-refractivity contribution < 1.29 is 0 Å². The average molecular weight is 253 g/mol. The predicted molar refractivity (Wildman–Crippen MR) is 75.2 cm³/mol. The fraction of sp³-hybridized carbons (Fsp3) is 0.273. The first-order valence-electron chi connectivity index (χ1n) is 4.97. The molecular weight excluding hydrogens is 238 g/mol. The molecule has 0 aliphatic carbocycles. The van der Waals surface area contributed by atoms with Gasteiger partial charge in [0.2, 0.25) is 0 Å². The fourth-order valence-electron chi connectivity index (χ4n) is 1.06. The van der Waals surface area contributed by atoms with E-state index in [-0.39, 0.29) is 0 Å². The van der Waals surface area contributed by atoms with Gasteiger partial charge in [0, 0.05) is 11.4 Å². The van der Waals surface area contributed by atoms with E-state index in [0.717, 1.165) is 12.1 Å². The van der Waals surface area contributed by atoms with E-state index >= 15 is 0 Å². The Morgan fingerprint density at radius 2 is 2.12 bits per heavy atom. The Morgan fingerprint density at radius 3 is 2.69 bits per heavy atom. The maximum atomic E-state index is 4.97. The SMILES string of the molecule is CCNC(=S)NN=Cc1ccc(SC)cc1. The zero-order valence-electron chi connectivity index (χ0n) is 9.36. The van der Waals surface area contributed by atoms with Gasteiger partial charge in [-0.25, -0.2) is 0 Å². The summed E-state index contributed by atoms with van der Waals surface area (Å²) in [6, 6.07) is 8.17. The second-order valence-corrected chi connectivity index (χ2v) is 4.29. The number of nitrogens with zero attached hydrogens (tertiary/aromatic N) is 1. The fourth-order valence-corrected chi connectivity index (χ4v) is 1.66. The summed E-state index contributed by atoms with van der Waals surface area (Å²) in [7, 11) is 0. The molecule has 0 saturated heterocycles. The van der Waals surface area contributed by atoms with Crippen LogP contribution in [0.4, 0.5) is 0 Å². The average Bonchev–Trinajstić information content (AvgIpc) is 2.30. The first kappa shape index (κ1) is 13.0. The third kappa shape index (κ3) is 4.63. The molecule has 0 amide bonds. The minimum Gasteiger partial charge on any atom is -0.362 e. The third-order valence-electron chi connectivity index (χ3n) is 1.83. The van der Waals surface area contributed by atoms with Gasteiger partial charge in [0.15, 0.2) is 5.11 Å². The lowest BCUT2D eigenvalue weighted by atomic mass is 10.2. The molecular formula is C11H15N3S2. The number of benzene rings is 1. The molecule has 16 heavy (non-hydrogen) atoms. The zero-order chi connectivity index (χ0) is 11.8. The summed E-state index contributed by atoms with van der Waals surface area (Å²) < 4.78 is 0. The summed E-state index contributed by atoms with van der Waals surface area (Å²) in [5.41, 5.74) is 3.79. The van der Waals surface area contributed by atoms with Crippen molar-refractivity contribution in [1.29, 1.82) is 0 Å². The summed E-state index contributed by atoms with van der Waals surface area (Å²) in [5.74, 6) is 0. The molecule has 0 heterocycles. The van der Waals surface area contributed by atoms with Crippen molar-refractivity contribution in [3.63, 3.8) is 0 Å². The predicted octanol–water partition coefficient (Wildman–Crippen LogP) is 2.23. The number of nitrogens with one attached hydrogen (secondary N) is 2. The molecule has 0 atom stereocenters. The molecule has 0 aromatic heterocycles. The first-order chi connectivity index (χ1) is 7.76. The Labute approximate surface area is 106 Å². The molecule has 0 spiro atoms. The second-order valence-electron chi connectivity index (χ2n) is 3.00. The van der Waals surface area contributed by atoms with E-state index < -0.39 is 0 Å². The molecule has 2 N–H and O–H groups in total. The van der Waals surface area contributed by atoms with Gasteiger partial charge >= 0.3 is 0 Å². The molecule has 1 aromatic carbocycles. The van der Waals surface area contributed by atoms with Gasteiger partial charge in [-0.1, -0.05) is 12.1 Å². The minimum absolute atomic E-state index is 0.541. The molecule has 5 heteroatoms. The number of thioether (sulfide) groups is 1. The van der Waals surface area contributed by atoms with Gasteiger partial charge in [0.1, 0.15) is 0 Å². The molecule has 1 rings (SSSR count). The number of rotatable bonds is 4. The van der Waals surface area contributed by atoms with Crippen LogP contribution >= 0.6 is 24.0 Å². The summed E-state index contributed by atoms with van der Waals surface area (Å²) in [6.45, 7) is 2.78. The van der Waals surface area contributed by atoms with Crippen LogP contribution in [0.3, 0.4) is 0 Å². The highest BCUT2D eigenvalue weighted by Gasteiger charge is 1.91. The lowest BCUT2D eigenvalue weighted by molar-refractivity contribution is 0.904. The van der Waals surface area contributed by atoms with Crippen LogP contribution in [0.25, 0.3) is 0 Å². The van der Waals surface area contributed by atoms with E-state index in [9.17, 15) is 0 Å². The highest BCUT2D eigenvalue weighted by molar-refractivity contribution is 7.98. The Morgan fingerprint density at radius 1 is 1.44 bits per heavy atom. The number of hydrogen-bond donors (Lipinski definition) is 2. The number of hydrogen-bond acceptors (Lipinski definition) is 3. The Hall–Kier alpha value is -1.07. The van der Waals surface area contributed by atoms with Crippen molar-refractivity contribution in [3.05, 3.63) is 29.8 Å². The van der Waals surface area contributed by atoms with Crippen molar-refractivity contribution in [2.75, 3.05) is 12.8 Å². The van der Waals surface area contributed by atoms with Crippen LogP contribution < -0.4 is 10.7 Å². The molecule has 3 nitrogen and oxygen atoms in total. The molecule has 86 valence electrons. The van der Waals surface area contributed by atoms with Crippen LogP contribution in [0.1, 0.15) is 12.5 Å². The van der Waals surface area contributed by atoms with Gasteiger partial charge in [0.25, 0.3) is 0 Å². The van der Waals surface area contributed by atoms with Crippen LogP contribution in [-0.2, 0) is 0 Å².